The SMILES string of the molecule is O=C(NC1COCc2c1cnn2-c1cccc(C(F)(F)F)c1Cl)c1ncn2c1CCCC2. The molecule has 3 aromatic rings. The Morgan fingerprint density at radius 3 is 2.91 bits per heavy atom. The number of alkyl halides is 3. The minimum Gasteiger partial charge on any atom is -0.373 e. The summed E-state index contributed by atoms with van der Waals surface area (Å²) in [5, 5.41) is 6.75. The van der Waals surface area contributed by atoms with E-state index in [9.17, 15) is 18.0 Å². The predicted molar refractivity (Wildman–Crippen MR) is 109 cm³/mol. The normalized spacial score (nSPS) is 18.2. The summed E-state index contributed by atoms with van der Waals surface area (Å²) in [7, 11) is 0. The Hall–Kier alpha value is -2.85. The number of aryl methyl sites for hydroxylation is 1. The molecule has 1 amide bonds. The van der Waals surface area contributed by atoms with Gasteiger partial charge in [0.15, 0.2) is 0 Å². The maximum atomic E-state index is 13.3. The average Bonchev–Trinajstić information content (AvgIpc) is 3.38. The van der Waals surface area contributed by atoms with Crippen LogP contribution >= 0.6 is 11.6 Å². The van der Waals surface area contributed by atoms with Crippen LogP contribution in [0.5, 0.6) is 0 Å². The van der Waals surface area contributed by atoms with Gasteiger partial charge < -0.3 is 14.6 Å². The molecule has 2 aliphatic heterocycles. The molecule has 1 N–H and O–H groups in total. The summed E-state index contributed by atoms with van der Waals surface area (Å²) in [4.78, 5) is 17.2. The van der Waals surface area contributed by atoms with E-state index in [1.54, 1.807) is 6.33 Å². The number of fused-ring (bicyclic) bond motifs is 2. The van der Waals surface area contributed by atoms with E-state index >= 15 is 0 Å². The van der Waals surface area contributed by atoms with Gasteiger partial charge in [-0.25, -0.2) is 9.67 Å². The molecule has 0 bridgehead atoms. The van der Waals surface area contributed by atoms with Gasteiger partial charge >= 0.3 is 6.18 Å². The summed E-state index contributed by atoms with van der Waals surface area (Å²) < 4.78 is 48.8. The highest BCUT2D eigenvalue weighted by Gasteiger charge is 2.35. The lowest BCUT2D eigenvalue weighted by atomic mass is 10.0. The van der Waals surface area contributed by atoms with Crippen molar-refractivity contribution in [1.82, 2.24) is 24.6 Å². The zero-order chi connectivity index (χ0) is 22.5. The summed E-state index contributed by atoms with van der Waals surface area (Å²) in [5.41, 5.74) is 1.68. The molecule has 2 aliphatic rings. The van der Waals surface area contributed by atoms with Crippen LogP contribution in [0.4, 0.5) is 13.2 Å². The third-order valence-corrected chi connectivity index (χ3v) is 6.24. The van der Waals surface area contributed by atoms with E-state index in [-0.39, 0.29) is 24.8 Å². The van der Waals surface area contributed by atoms with Crippen molar-refractivity contribution in [2.24, 2.45) is 0 Å². The minimum atomic E-state index is -4.59. The van der Waals surface area contributed by atoms with Crippen molar-refractivity contribution in [2.45, 2.75) is 44.6 Å². The molecule has 2 aromatic heterocycles. The fraction of sp³-hybridized carbons (Fsp3) is 0.381. The molecular formula is C21H19ClF3N5O2. The Balaban J connectivity index is 1.44. The van der Waals surface area contributed by atoms with Gasteiger partial charge in [0.2, 0.25) is 0 Å². The number of benzene rings is 1. The van der Waals surface area contributed by atoms with Gasteiger partial charge in [-0.1, -0.05) is 17.7 Å². The number of imidazole rings is 1. The quantitative estimate of drug-likeness (QED) is 0.632. The maximum Gasteiger partial charge on any atom is 0.417 e. The number of amides is 1. The van der Waals surface area contributed by atoms with Gasteiger partial charge in [-0.05, 0) is 31.4 Å². The van der Waals surface area contributed by atoms with Crippen LogP contribution in [0.15, 0.2) is 30.7 Å². The highest BCUT2D eigenvalue weighted by Crippen LogP contribution is 2.38. The molecule has 0 aliphatic carbocycles. The lowest BCUT2D eigenvalue weighted by Crippen LogP contribution is -2.35. The molecule has 0 saturated heterocycles. The summed E-state index contributed by atoms with van der Waals surface area (Å²) in [5.74, 6) is -0.313. The van der Waals surface area contributed by atoms with Crippen molar-refractivity contribution in [3.8, 4) is 5.69 Å². The van der Waals surface area contributed by atoms with E-state index in [0.29, 0.717) is 17.0 Å². The molecule has 11 heteroatoms. The van der Waals surface area contributed by atoms with Crippen LogP contribution < -0.4 is 5.32 Å². The number of ether oxygens (including phenoxy) is 1. The van der Waals surface area contributed by atoms with Crippen LogP contribution in [0.1, 0.15) is 51.9 Å². The highest BCUT2D eigenvalue weighted by molar-refractivity contribution is 6.33. The van der Waals surface area contributed by atoms with Crippen molar-refractivity contribution in [3.63, 3.8) is 0 Å². The zero-order valence-electron chi connectivity index (χ0n) is 16.8. The topological polar surface area (TPSA) is 74.0 Å². The van der Waals surface area contributed by atoms with Crippen LogP contribution in [0.25, 0.3) is 5.69 Å². The molecule has 32 heavy (non-hydrogen) atoms. The third-order valence-electron chi connectivity index (χ3n) is 5.84. The van der Waals surface area contributed by atoms with Crippen LogP contribution in [-0.2, 0) is 30.5 Å². The molecule has 168 valence electrons. The fourth-order valence-corrected chi connectivity index (χ4v) is 4.58. The van der Waals surface area contributed by atoms with Crippen molar-refractivity contribution in [2.75, 3.05) is 6.61 Å². The first-order valence-electron chi connectivity index (χ1n) is 10.2. The lowest BCUT2D eigenvalue weighted by Gasteiger charge is -2.25. The third kappa shape index (κ3) is 3.57. The van der Waals surface area contributed by atoms with E-state index in [1.807, 2.05) is 4.57 Å². The summed E-state index contributed by atoms with van der Waals surface area (Å²) in [6.07, 6.45) is 1.48. The zero-order valence-corrected chi connectivity index (χ0v) is 17.6. The molecule has 1 aromatic carbocycles. The van der Waals surface area contributed by atoms with Gasteiger partial charge in [0, 0.05) is 12.1 Å². The van der Waals surface area contributed by atoms with Gasteiger partial charge in [-0.3, -0.25) is 4.79 Å². The first-order valence-corrected chi connectivity index (χ1v) is 10.6. The Morgan fingerprint density at radius 1 is 1.25 bits per heavy atom. The van der Waals surface area contributed by atoms with Crippen molar-refractivity contribution < 1.29 is 22.7 Å². The highest BCUT2D eigenvalue weighted by atomic mass is 35.5. The Bertz CT molecular complexity index is 1190. The molecule has 0 fully saturated rings. The van der Waals surface area contributed by atoms with Crippen LogP contribution in [0, 0.1) is 0 Å². The Kier molecular flexibility index (Phi) is 5.21. The molecule has 1 atom stereocenters. The lowest BCUT2D eigenvalue weighted by molar-refractivity contribution is -0.137. The number of hydrogen-bond acceptors (Lipinski definition) is 4. The number of hydrogen-bond donors (Lipinski definition) is 1. The minimum absolute atomic E-state index is 0.0986. The van der Waals surface area contributed by atoms with E-state index in [4.69, 9.17) is 16.3 Å². The van der Waals surface area contributed by atoms with Gasteiger partial charge in [0.1, 0.15) is 5.69 Å². The van der Waals surface area contributed by atoms with Crippen molar-refractivity contribution in [3.05, 3.63) is 64.0 Å². The van der Waals surface area contributed by atoms with Crippen LogP contribution in [0.2, 0.25) is 5.02 Å². The number of rotatable bonds is 3. The smallest absolute Gasteiger partial charge is 0.373 e. The van der Waals surface area contributed by atoms with Gasteiger partial charge in [-0.2, -0.15) is 18.3 Å². The Morgan fingerprint density at radius 2 is 2.09 bits per heavy atom. The van der Waals surface area contributed by atoms with Crippen molar-refractivity contribution in [1.29, 1.82) is 0 Å². The van der Waals surface area contributed by atoms with Crippen LogP contribution in [0.3, 0.4) is 0 Å². The van der Waals surface area contributed by atoms with E-state index < -0.39 is 22.8 Å². The second-order valence-corrected chi connectivity index (χ2v) is 8.20. The van der Waals surface area contributed by atoms with Gasteiger partial charge in [-0.15, -0.1) is 0 Å². The number of carbonyl (C=O) groups excluding carboxylic acids is 1. The maximum absolute atomic E-state index is 13.3. The number of halogens is 4. The fourth-order valence-electron chi connectivity index (χ4n) is 4.27. The predicted octanol–water partition coefficient (Wildman–Crippen LogP) is 4.08. The number of nitrogens with one attached hydrogen (secondary N) is 1. The van der Waals surface area contributed by atoms with E-state index in [2.05, 4.69) is 15.4 Å². The monoisotopic (exact) mass is 465 g/mol. The first kappa shape index (κ1) is 21.0. The average molecular weight is 466 g/mol. The summed E-state index contributed by atoms with van der Waals surface area (Å²) >= 11 is 6.08. The van der Waals surface area contributed by atoms with Gasteiger partial charge in [0.05, 0.1) is 59.4 Å². The molecular weight excluding hydrogens is 447 g/mol. The number of aromatic nitrogens is 4. The standard InChI is InChI=1S/C21H19ClF3N5O2/c22-18-13(21(23,24)25)4-3-6-15(18)30-17-10-32-9-14(12(17)8-27-30)28-20(31)19-16-5-1-2-7-29(16)11-26-19/h3-4,6,8,11,14H,1-2,5,7,9-10H2,(H,28,31). The van der Waals surface area contributed by atoms with E-state index in [1.165, 1.54) is 23.0 Å². The second-order valence-electron chi connectivity index (χ2n) is 7.83. The van der Waals surface area contributed by atoms with Crippen molar-refractivity contribution >= 4 is 17.5 Å². The van der Waals surface area contributed by atoms with Crippen LogP contribution in [-0.4, -0.2) is 31.8 Å². The Labute approximate surface area is 186 Å². The number of carbonyl (C=O) groups is 1. The largest absolute Gasteiger partial charge is 0.417 e. The molecule has 1 unspecified atom stereocenters. The molecule has 0 saturated carbocycles. The molecule has 4 heterocycles. The number of nitrogens with zero attached hydrogens (tertiary/aromatic N) is 4. The molecule has 0 spiro atoms. The summed E-state index contributed by atoms with van der Waals surface area (Å²) in [6, 6.07) is 3.16. The molecule has 0 radical (unpaired) electrons. The molecule has 5 rings (SSSR count). The molecule has 7 nitrogen and oxygen atoms in total. The van der Waals surface area contributed by atoms with Gasteiger partial charge in [0.25, 0.3) is 5.91 Å². The second kappa shape index (κ2) is 7.93. The van der Waals surface area contributed by atoms with E-state index in [0.717, 1.165) is 37.6 Å². The first-order chi connectivity index (χ1) is 15.3. The summed E-state index contributed by atoms with van der Waals surface area (Å²) in [6.45, 7) is 1.20.